The van der Waals surface area contributed by atoms with Gasteiger partial charge in [-0.05, 0) is 44.0 Å². The van der Waals surface area contributed by atoms with Gasteiger partial charge in [-0.15, -0.1) is 16.8 Å². The van der Waals surface area contributed by atoms with E-state index in [0.717, 1.165) is 29.1 Å². The van der Waals surface area contributed by atoms with Gasteiger partial charge in [0.25, 0.3) is 0 Å². The Bertz CT molecular complexity index is 994. The first kappa shape index (κ1) is 20.9. The number of carbonyl (C=O) groups excluding carboxylic acids is 1. The molecule has 3 aromatic rings. The van der Waals surface area contributed by atoms with Crippen LogP contribution in [0.25, 0.3) is 11.4 Å². The van der Waals surface area contributed by atoms with Crippen LogP contribution in [0, 0.1) is 6.92 Å². The van der Waals surface area contributed by atoms with Crippen LogP contribution in [0.1, 0.15) is 25.0 Å². The standard InChI is InChI=1S/C23H26N4OS/c1-5-14-27-21(19-9-7-8-16(3)15-19)25-26-23(27)29-17(4)22(28)24-20-12-10-18(6-2)11-13-20/h5,7-13,15,17H,1,6,14H2,2-4H3,(H,24,28). The SMILES string of the molecule is C=CCn1c(SC(C)C(=O)Nc2ccc(CC)cc2)nnc1-c1cccc(C)c1. The summed E-state index contributed by atoms with van der Waals surface area (Å²) in [5, 5.41) is 12.1. The Morgan fingerprint density at radius 2 is 2.00 bits per heavy atom. The lowest BCUT2D eigenvalue weighted by atomic mass is 10.1. The van der Waals surface area contributed by atoms with Crippen LogP contribution in [0.15, 0.2) is 66.3 Å². The van der Waals surface area contributed by atoms with Gasteiger partial charge in [0.2, 0.25) is 5.91 Å². The summed E-state index contributed by atoms with van der Waals surface area (Å²) in [5.41, 5.74) is 4.20. The Morgan fingerprint density at radius 1 is 1.24 bits per heavy atom. The highest BCUT2D eigenvalue weighted by molar-refractivity contribution is 8.00. The van der Waals surface area contributed by atoms with E-state index in [1.54, 1.807) is 0 Å². The summed E-state index contributed by atoms with van der Waals surface area (Å²) < 4.78 is 1.99. The van der Waals surface area contributed by atoms with Crippen LogP contribution in [0.2, 0.25) is 0 Å². The number of benzene rings is 2. The Hall–Kier alpha value is -2.86. The number of rotatable bonds is 8. The molecule has 5 nitrogen and oxygen atoms in total. The molecule has 0 aliphatic rings. The molecule has 0 aliphatic carbocycles. The van der Waals surface area contributed by atoms with Crippen molar-refractivity contribution < 1.29 is 4.79 Å². The summed E-state index contributed by atoms with van der Waals surface area (Å²) in [6.45, 7) is 10.5. The highest BCUT2D eigenvalue weighted by atomic mass is 32.2. The van der Waals surface area contributed by atoms with Crippen molar-refractivity contribution in [2.24, 2.45) is 0 Å². The zero-order chi connectivity index (χ0) is 20.8. The molecule has 0 saturated carbocycles. The van der Waals surface area contributed by atoms with Gasteiger partial charge in [0, 0.05) is 17.8 Å². The molecule has 0 bridgehead atoms. The summed E-state index contributed by atoms with van der Waals surface area (Å²) >= 11 is 1.39. The van der Waals surface area contributed by atoms with Gasteiger partial charge in [-0.3, -0.25) is 9.36 Å². The number of hydrogen-bond donors (Lipinski definition) is 1. The van der Waals surface area contributed by atoms with E-state index in [9.17, 15) is 4.79 Å². The molecule has 0 aliphatic heterocycles. The number of amides is 1. The molecule has 0 saturated heterocycles. The Labute approximate surface area is 176 Å². The number of anilines is 1. The fourth-order valence-electron chi connectivity index (χ4n) is 2.95. The van der Waals surface area contributed by atoms with Crippen molar-refractivity contribution in [2.45, 2.75) is 44.1 Å². The fraction of sp³-hybridized carbons (Fsp3) is 0.261. The molecule has 3 rings (SSSR count). The second-order valence-electron chi connectivity index (χ2n) is 6.87. The molecule has 2 aromatic carbocycles. The van der Waals surface area contributed by atoms with Crippen LogP contribution in [0.4, 0.5) is 5.69 Å². The molecule has 1 N–H and O–H groups in total. The quantitative estimate of drug-likeness (QED) is 0.417. The van der Waals surface area contributed by atoms with E-state index in [0.29, 0.717) is 11.7 Å². The maximum Gasteiger partial charge on any atom is 0.237 e. The number of aryl methyl sites for hydroxylation is 2. The number of nitrogens with zero attached hydrogens (tertiary/aromatic N) is 3. The van der Waals surface area contributed by atoms with Crippen molar-refractivity contribution in [1.82, 2.24) is 14.8 Å². The van der Waals surface area contributed by atoms with Gasteiger partial charge >= 0.3 is 0 Å². The minimum atomic E-state index is -0.320. The molecule has 1 atom stereocenters. The van der Waals surface area contributed by atoms with E-state index in [2.05, 4.69) is 35.1 Å². The molecular weight excluding hydrogens is 380 g/mol. The summed E-state index contributed by atoms with van der Waals surface area (Å²) in [5.74, 6) is 0.711. The van der Waals surface area contributed by atoms with Crippen LogP contribution >= 0.6 is 11.8 Å². The first-order valence-electron chi connectivity index (χ1n) is 9.69. The lowest BCUT2D eigenvalue weighted by Crippen LogP contribution is -2.23. The lowest BCUT2D eigenvalue weighted by molar-refractivity contribution is -0.115. The van der Waals surface area contributed by atoms with Gasteiger partial charge in [0.1, 0.15) is 0 Å². The summed E-state index contributed by atoms with van der Waals surface area (Å²) in [4.78, 5) is 12.7. The van der Waals surface area contributed by atoms with Gasteiger partial charge in [0.15, 0.2) is 11.0 Å². The maximum absolute atomic E-state index is 12.7. The highest BCUT2D eigenvalue weighted by Crippen LogP contribution is 2.28. The van der Waals surface area contributed by atoms with Crippen molar-refractivity contribution >= 4 is 23.4 Å². The van der Waals surface area contributed by atoms with Crippen molar-refractivity contribution in [2.75, 3.05) is 5.32 Å². The van der Waals surface area contributed by atoms with Crippen LogP contribution in [0.3, 0.4) is 0 Å². The van der Waals surface area contributed by atoms with Gasteiger partial charge in [-0.1, -0.05) is 60.7 Å². The predicted molar refractivity (Wildman–Crippen MR) is 120 cm³/mol. The molecule has 0 fully saturated rings. The molecule has 150 valence electrons. The zero-order valence-corrected chi connectivity index (χ0v) is 17.9. The Kier molecular flexibility index (Phi) is 6.88. The maximum atomic E-state index is 12.7. The van der Waals surface area contributed by atoms with E-state index in [-0.39, 0.29) is 11.2 Å². The number of aromatic nitrogens is 3. The van der Waals surface area contributed by atoms with Gasteiger partial charge < -0.3 is 5.32 Å². The minimum absolute atomic E-state index is 0.0653. The molecule has 0 radical (unpaired) electrons. The van der Waals surface area contributed by atoms with Crippen LogP contribution in [0.5, 0.6) is 0 Å². The number of allylic oxidation sites excluding steroid dienone is 1. The molecule has 6 heteroatoms. The third-order valence-corrected chi connectivity index (χ3v) is 5.67. The first-order chi connectivity index (χ1) is 14.0. The smallest absolute Gasteiger partial charge is 0.237 e. The summed E-state index contributed by atoms with van der Waals surface area (Å²) in [6, 6.07) is 16.1. The molecule has 1 heterocycles. The van der Waals surface area contributed by atoms with Crippen molar-refractivity contribution in [1.29, 1.82) is 0 Å². The first-order valence-corrected chi connectivity index (χ1v) is 10.6. The monoisotopic (exact) mass is 406 g/mol. The number of thioether (sulfide) groups is 1. The van der Waals surface area contributed by atoms with Gasteiger partial charge in [-0.2, -0.15) is 0 Å². The average Bonchev–Trinajstić information content (AvgIpc) is 3.11. The second kappa shape index (κ2) is 9.56. The van der Waals surface area contributed by atoms with Crippen LogP contribution < -0.4 is 5.32 Å². The number of carbonyl (C=O) groups is 1. The van der Waals surface area contributed by atoms with E-state index >= 15 is 0 Å². The predicted octanol–water partition coefficient (Wildman–Crippen LogP) is 5.12. The molecule has 1 aromatic heterocycles. The molecule has 1 unspecified atom stereocenters. The molecule has 1 amide bonds. The summed E-state index contributed by atoms with van der Waals surface area (Å²) in [7, 11) is 0. The van der Waals surface area contributed by atoms with Crippen molar-refractivity contribution in [3.63, 3.8) is 0 Å². The summed E-state index contributed by atoms with van der Waals surface area (Å²) in [6.07, 6.45) is 2.79. The van der Waals surface area contributed by atoms with E-state index in [4.69, 9.17) is 0 Å². The largest absolute Gasteiger partial charge is 0.325 e. The Balaban J connectivity index is 1.76. The minimum Gasteiger partial charge on any atom is -0.325 e. The topological polar surface area (TPSA) is 59.8 Å². The zero-order valence-electron chi connectivity index (χ0n) is 17.1. The number of hydrogen-bond acceptors (Lipinski definition) is 4. The number of nitrogens with one attached hydrogen (secondary N) is 1. The molecule has 29 heavy (non-hydrogen) atoms. The lowest BCUT2D eigenvalue weighted by Gasteiger charge is -2.13. The van der Waals surface area contributed by atoms with Gasteiger partial charge in [0.05, 0.1) is 5.25 Å². The van der Waals surface area contributed by atoms with Crippen molar-refractivity contribution in [3.8, 4) is 11.4 Å². The highest BCUT2D eigenvalue weighted by Gasteiger charge is 2.20. The second-order valence-corrected chi connectivity index (χ2v) is 8.18. The fourth-order valence-corrected chi connectivity index (χ4v) is 3.80. The average molecular weight is 407 g/mol. The third kappa shape index (κ3) is 5.15. The normalized spacial score (nSPS) is 11.8. The van der Waals surface area contributed by atoms with Gasteiger partial charge in [-0.25, -0.2) is 0 Å². The third-order valence-electron chi connectivity index (χ3n) is 4.59. The van der Waals surface area contributed by atoms with E-state index in [1.165, 1.54) is 17.3 Å². The van der Waals surface area contributed by atoms with Crippen molar-refractivity contribution in [3.05, 3.63) is 72.3 Å². The molecular formula is C23H26N4OS. The van der Waals surface area contributed by atoms with Crippen LogP contribution in [-0.2, 0) is 17.8 Å². The van der Waals surface area contributed by atoms with E-state index < -0.39 is 0 Å². The van der Waals surface area contributed by atoms with Crippen LogP contribution in [-0.4, -0.2) is 25.9 Å². The van der Waals surface area contributed by atoms with E-state index in [1.807, 2.05) is 67.0 Å². The molecule has 0 spiro atoms. The Morgan fingerprint density at radius 3 is 2.66 bits per heavy atom.